The summed E-state index contributed by atoms with van der Waals surface area (Å²) >= 11 is 3.45. The first-order valence-corrected chi connectivity index (χ1v) is 6.15. The van der Waals surface area contributed by atoms with Crippen LogP contribution in [0.3, 0.4) is 0 Å². The molecular weight excluding hydrogens is 268 g/mol. The molecule has 1 N–H and O–H groups in total. The molecule has 0 aliphatic rings. The largest absolute Gasteiger partial charge is 0.495 e. The number of methoxy groups -OCH3 is 1. The fraction of sp³-hybridized carbons (Fsp3) is 0.500. The minimum Gasteiger partial charge on any atom is -0.495 e. The number of anilines is 1. The van der Waals surface area contributed by atoms with Gasteiger partial charge in [0.1, 0.15) is 5.75 Å². The van der Waals surface area contributed by atoms with Crippen LogP contribution in [0.25, 0.3) is 0 Å². The lowest BCUT2D eigenvalue weighted by Crippen LogP contribution is -2.16. The molecule has 16 heavy (non-hydrogen) atoms. The Bertz CT molecular complexity index is 329. The molecule has 0 unspecified atom stereocenters. The molecule has 0 spiro atoms. The van der Waals surface area contributed by atoms with Crippen molar-refractivity contribution in [2.24, 2.45) is 0 Å². The third-order valence-electron chi connectivity index (χ3n) is 2.26. The second-order valence-electron chi connectivity index (χ2n) is 3.93. The van der Waals surface area contributed by atoms with Gasteiger partial charge < -0.3 is 15.0 Å². The molecule has 0 saturated carbocycles. The summed E-state index contributed by atoms with van der Waals surface area (Å²) in [6.45, 7) is 2.04. The van der Waals surface area contributed by atoms with E-state index in [0.29, 0.717) is 0 Å². The normalized spacial score (nSPS) is 10.6. The average Bonchev–Trinajstić information content (AvgIpc) is 2.24. The molecular formula is C12H19BrN2O. The Labute approximate surface area is 106 Å². The lowest BCUT2D eigenvalue weighted by Gasteiger charge is -2.13. The zero-order valence-corrected chi connectivity index (χ0v) is 11.7. The van der Waals surface area contributed by atoms with Gasteiger partial charge in [-0.25, -0.2) is 0 Å². The Morgan fingerprint density at radius 3 is 2.75 bits per heavy atom. The maximum atomic E-state index is 5.28. The van der Waals surface area contributed by atoms with E-state index in [2.05, 4.69) is 40.2 Å². The number of nitrogens with zero attached hydrogens (tertiary/aromatic N) is 1. The second-order valence-corrected chi connectivity index (χ2v) is 4.84. The van der Waals surface area contributed by atoms with Crippen molar-refractivity contribution in [1.82, 2.24) is 4.90 Å². The SMILES string of the molecule is COc1ccc(Br)cc1NCCCN(C)C. The van der Waals surface area contributed by atoms with E-state index in [9.17, 15) is 0 Å². The zero-order valence-electron chi connectivity index (χ0n) is 10.1. The van der Waals surface area contributed by atoms with Gasteiger partial charge in [0.05, 0.1) is 12.8 Å². The van der Waals surface area contributed by atoms with Gasteiger partial charge in [0, 0.05) is 11.0 Å². The molecule has 0 aliphatic carbocycles. The van der Waals surface area contributed by atoms with E-state index < -0.39 is 0 Å². The van der Waals surface area contributed by atoms with Crippen LogP contribution in [0.4, 0.5) is 5.69 Å². The van der Waals surface area contributed by atoms with Crippen LogP contribution in [0, 0.1) is 0 Å². The Morgan fingerprint density at radius 1 is 1.38 bits per heavy atom. The molecule has 0 saturated heterocycles. The first kappa shape index (κ1) is 13.3. The van der Waals surface area contributed by atoms with Gasteiger partial charge in [0.15, 0.2) is 0 Å². The number of halogens is 1. The molecule has 0 heterocycles. The van der Waals surface area contributed by atoms with Crippen LogP contribution < -0.4 is 10.1 Å². The van der Waals surface area contributed by atoms with Gasteiger partial charge in [-0.3, -0.25) is 0 Å². The van der Waals surface area contributed by atoms with Gasteiger partial charge in [0.25, 0.3) is 0 Å². The molecule has 0 bridgehead atoms. The van der Waals surface area contributed by atoms with E-state index in [0.717, 1.165) is 35.4 Å². The van der Waals surface area contributed by atoms with E-state index in [-0.39, 0.29) is 0 Å². The summed E-state index contributed by atoms with van der Waals surface area (Å²) in [6, 6.07) is 5.97. The number of benzene rings is 1. The highest BCUT2D eigenvalue weighted by atomic mass is 79.9. The number of nitrogens with one attached hydrogen (secondary N) is 1. The van der Waals surface area contributed by atoms with Gasteiger partial charge >= 0.3 is 0 Å². The van der Waals surface area contributed by atoms with Crippen LogP contribution in [0.5, 0.6) is 5.75 Å². The van der Waals surface area contributed by atoms with E-state index >= 15 is 0 Å². The highest BCUT2D eigenvalue weighted by Crippen LogP contribution is 2.27. The minimum absolute atomic E-state index is 0.882. The Hall–Kier alpha value is -0.740. The summed E-state index contributed by atoms with van der Waals surface area (Å²) in [5.74, 6) is 0.882. The van der Waals surface area contributed by atoms with Gasteiger partial charge in [-0.15, -0.1) is 0 Å². The molecule has 0 atom stereocenters. The summed E-state index contributed by atoms with van der Waals surface area (Å²) in [5.41, 5.74) is 1.04. The van der Waals surface area contributed by atoms with Crippen molar-refractivity contribution in [3.63, 3.8) is 0 Å². The lowest BCUT2D eigenvalue weighted by molar-refractivity contribution is 0.404. The molecule has 1 aromatic rings. The van der Waals surface area contributed by atoms with Crippen LogP contribution in [0.1, 0.15) is 6.42 Å². The van der Waals surface area contributed by atoms with Gasteiger partial charge in [-0.2, -0.15) is 0 Å². The van der Waals surface area contributed by atoms with Crippen LogP contribution in [-0.4, -0.2) is 39.2 Å². The van der Waals surface area contributed by atoms with Crippen molar-refractivity contribution in [3.05, 3.63) is 22.7 Å². The minimum atomic E-state index is 0.882. The topological polar surface area (TPSA) is 24.5 Å². The maximum Gasteiger partial charge on any atom is 0.142 e. The highest BCUT2D eigenvalue weighted by molar-refractivity contribution is 9.10. The Morgan fingerprint density at radius 2 is 2.12 bits per heavy atom. The molecule has 0 radical (unpaired) electrons. The predicted molar refractivity (Wildman–Crippen MR) is 72.4 cm³/mol. The molecule has 1 rings (SSSR count). The quantitative estimate of drug-likeness (QED) is 0.814. The van der Waals surface area contributed by atoms with Crippen molar-refractivity contribution in [2.45, 2.75) is 6.42 Å². The first-order chi connectivity index (χ1) is 7.63. The second kappa shape index (κ2) is 6.76. The van der Waals surface area contributed by atoms with Crippen molar-refractivity contribution in [3.8, 4) is 5.75 Å². The van der Waals surface area contributed by atoms with E-state index in [1.807, 2.05) is 18.2 Å². The monoisotopic (exact) mass is 286 g/mol. The van der Waals surface area contributed by atoms with Crippen molar-refractivity contribution in [2.75, 3.05) is 39.6 Å². The first-order valence-electron chi connectivity index (χ1n) is 5.35. The van der Waals surface area contributed by atoms with E-state index in [1.54, 1.807) is 7.11 Å². The van der Waals surface area contributed by atoms with E-state index in [4.69, 9.17) is 4.74 Å². The highest BCUT2D eigenvalue weighted by Gasteiger charge is 2.02. The fourth-order valence-corrected chi connectivity index (χ4v) is 1.80. The zero-order chi connectivity index (χ0) is 12.0. The molecule has 0 aromatic heterocycles. The molecule has 0 aliphatic heterocycles. The van der Waals surface area contributed by atoms with Crippen LogP contribution in [-0.2, 0) is 0 Å². The van der Waals surface area contributed by atoms with Crippen LogP contribution in [0.2, 0.25) is 0 Å². The Balaban J connectivity index is 2.48. The number of rotatable bonds is 6. The van der Waals surface area contributed by atoms with Gasteiger partial charge in [-0.05, 0) is 45.3 Å². The lowest BCUT2D eigenvalue weighted by atomic mass is 10.3. The number of ether oxygens (including phenoxy) is 1. The third kappa shape index (κ3) is 4.41. The van der Waals surface area contributed by atoms with Gasteiger partial charge in [0.2, 0.25) is 0 Å². The summed E-state index contributed by atoms with van der Waals surface area (Å²) in [6.07, 6.45) is 1.11. The summed E-state index contributed by atoms with van der Waals surface area (Å²) in [7, 11) is 5.85. The number of hydrogen-bond acceptors (Lipinski definition) is 3. The van der Waals surface area contributed by atoms with Crippen molar-refractivity contribution < 1.29 is 4.74 Å². The van der Waals surface area contributed by atoms with Gasteiger partial charge in [-0.1, -0.05) is 15.9 Å². The van der Waals surface area contributed by atoms with Crippen molar-refractivity contribution in [1.29, 1.82) is 0 Å². The summed E-state index contributed by atoms with van der Waals surface area (Å²) in [5, 5.41) is 3.38. The predicted octanol–water partition coefficient (Wildman–Crippen LogP) is 2.82. The molecule has 0 fully saturated rings. The molecule has 0 amide bonds. The van der Waals surface area contributed by atoms with Crippen LogP contribution >= 0.6 is 15.9 Å². The molecule has 1 aromatic carbocycles. The standard InChI is InChI=1S/C12H19BrN2O/c1-15(2)8-4-7-14-11-9-10(13)5-6-12(11)16-3/h5-6,9,14H,4,7-8H2,1-3H3. The third-order valence-corrected chi connectivity index (χ3v) is 2.75. The number of hydrogen-bond donors (Lipinski definition) is 1. The van der Waals surface area contributed by atoms with Crippen molar-refractivity contribution >= 4 is 21.6 Å². The molecule has 90 valence electrons. The average molecular weight is 287 g/mol. The fourth-order valence-electron chi connectivity index (χ4n) is 1.44. The molecule has 3 nitrogen and oxygen atoms in total. The maximum absolute atomic E-state index is 5.28. The summed E-state index contributed by atoms with van der Waals surface area (Å²) < 4.78 is 6.34. The van der Waals surface area contributed by atoms with Crippen LogP contribution in [0.15, 0.2) is 22.7 Å². The Kier molecular flexibility index (Phi) is 5.63. The molecule has 4 heteroatoms. The summed E-state index contributed by atoms with van der Waals surface area (Å²) in [4.78, 5) is 2.18. The smallest absolute Gasteiger partial charge is 0.142 e. The van der Waals surface area contributed by atoms with E-state index in [1.165, 1.54) is 0 Å².